The van der Waals surface area contributed by atoms with E-state index in [4.69, 9.17) is 0 Å². The summed E-state index contributed by atoms with van der Waals surface area (Å²) in [4.78, 5) is 12.3. The van der Waals surface area contributed by atoms with Crippen molar-refractivity contribution in [3.63, 3.8) is 0 Å². The number of aromatic nitrogens is 2. The number of nitrogens with one attached hydrogen (secondary N) is 1. The molecule has 2 rings (SSSR count). The summed E-state index contributed by atoms with van der Waals surface area (Å²) in [7, 11) is 1.83. The molecular formula is C11H17N3O. The highest BCUT2D eigenvalue weighted by Crippen LogP contribution is 2.21. The minimum atomic E-state index is 0.110. The minimum absolute atomic E-state index is 0.110. The molecule has 82 valence electrons. The summed E-state index contributed by atoms with van der Waals surface area (Å²) in [5.41, 5.74) is 1.73. The van der Waals surface area contributed by atoms with E-state index in [1.807, 2.05) is 14.0 Å². The van der Waals surface area contributed by atoms with Crippen LogP contribution in [-0.4, -0.2) is 28.2 Å². The van der Waals surface area contributed by atoms with E-state index in [1.54, 1.807) is 10.9 Å². The number of hydrogen-bond donors (Lipinski definition) is 1. The van der Waals surface area contributed by atoms with E-state index in [1.165, 1.54) is 0 Å². The zero-order valence-corrected chi connectivity index (χ0v) is 9.45. The predicted octanol–water partition coefficient (Wildman–Crippen LogP) is 0.909. The molecule has 0 saturated carbocycles. The largest absolute Gasteiger partial charge is 0.313 e. The average molecular weight is 207 g/mol. The van der Waals surface area contributed by atoms with Crippen LogP contribution in [0.5, 0.6) is 0 Å². The van der Waals surface area contributed by atoms with Gasteiger partial charge in [-0.05, 0) is 32.4 Å². The molecule has 1 aliphatic heterocycles. The Balaban J connectivity index is 2.28. The van der Waals surface area contributed by atoms with Crippen molar-refractivity contribution >= 4 is 5.78 Å². The third-order valence-electron chi connectivity index (χ3n) is 3.22. The zero-order chi connectivity index (χ0) is 11.0. The summed E-state index contributed by atoms with van der Waals surface area (Å²) < 4.78 is 1.68. The van der Waals surface area contributed by atoms with Gasteiger partial charge in [0, 0.05) is 19.0 Å². The number of hydrogen-bond acceptors (Lipinski definition) is 3. The van der Waals surface area contributed by atoms with Gasteiger partial charge >= 0.3 is 0 Å². The maximum atomic E-state index is 12.3. The first-order chi connectivity index (χ1) is 7.11. The van der Waals surface area contributed by atoms with Crippen molar-refractivity contribution in [1.29, 1.82) is 0 Å². The van der Waals surface area contributed by atoms with Crippen LogP contribution < -0.4 is 5.32 Å². The molecule has 1 aliphatic rings. The molecule has 0 bridgehead atoms. The van der Waals surface area contributed by atoms with Crippen LogP contribution in [0, 0.1) is 12.8 Å². The number of Topliss-reactive ketones (excluding diaryl/α,β-unsaturated/α-hetero) is 1. The zero-order valence-electron chi connectivity index (χ0n) is 9.45. The second kappa shape index (κ2) is 3.77. The Bertz CT molecular complexity index is 364. The van der Waals surface area contributed by atoms with Crippen LogP contribution in [0.15, 0.2) is 6.20 Å². The van der Waals surface area contributed by atoms with Gasteiger partial charge in [-0.1, -0.05) is 0 Å². The normalized spacial score (nSPS) is 25.8. The first kappa shape index (κ1) is 10.4. The molecule has 2 heterocycles. The lowest BCUT2D eigenvalue weighted by Crippen LogP contribution is -2.29. The second-order valence-corrected chi connectivity index (χ2v) is 4.30. The Kier molecular flexibility index (Phi) is 2.61. The molecule has 0 radical (unpaired) electrons. The third-order valence-corrected chi connectivity index (χ3v) is 3.22. The Morgan fingerprint density at radius 2 is 2.40 bits per heavy atom. The molecule has 1 fully saturated rings. The van der Waals surface area contributed by atoms with Crippen LogP contribution in [0.25, 0.3) is 0 Å². The number of aryl methyl sites for hydroxylation is 2. The van der Waals surface area contributed by atoms with Crippen molar-refractivity contribution in [3.8, 4) is 0 Å². The van der Waals surface area contributed by atoms with E-state index in [0.717, 1.165) is 24.2 Å². The minimum Gasteiger partial charge on any atom is -0.313 e. The molecule has 1 aromatic rings. The van der Waals surface area contributed by atoms with Gasteiger partial charge in [0.1, 0.15) is 5.69 Å². The van der Waals surface area contributed by atoms with Gasteiger partial charge in [-0.2, -0.15) is 5.10 Å². The molecule has 4 heteroatoms. The number of nitrogens with zero attached hydrogens (tertiary/aromatic N) is 2. The van der Waals surface area contributed by atoms with Crippen molar-refractivity contribution in [3.05, 3.63) is 17.5 Å². The Hall–Kier alpha value is -1.16. The highest BCUT2D eigenvalue weighted by molar-refractivity contribution is 5.98. The van der Waals surface area contributed by atoms with Crippen molar-refractivity contribution in [2.45, 2.75) is 26.3 Å². The van der Waals surface area contributed by atoms with Crippen molar-refractivity contribution < 1.29 is 4.79 Å². The van der Waals surface area contributed by atoms with E-state index in [0.29, 0.717) is 0 Å². The van der Waals surface area contributed by atoms with Gasteiger partial charge in [-0.25, -0.2) is 0 Å². The van der Waals surface area contributed by atoms with Crippen molar-refractivity contribution in [2.24, 2.45) is 13.0 Å². The van der Waals surface area contributed by atoms with Crippen LogP contribution >= 0.6 is 0 Å². The number of carbonyl (C=O) groups is 1. The molecule has 0 aliphatic carbocycles. The lowest BCUT2D eigenvalue weighted by molar-refractivity contribution is 0.0903. The van der Waals surface area contributed by atoms with Gasteiger partial charge < -0.3 is 5.32 Å². The first-order valence-corrected chi connectivity index (χ1v) is 5.37. The molecule has 4 nitrogen and oxygen atoms in total. The van der Waals surface area contributed by atoms with E-state index >= 15 is 0 Å². The fraction of sp³-hybridized carbons (Fsp3) is 0.636. The van der Waals surface area contributed by atoms with Gasteiger partial charge in [0.25, 0.3) is 0 Å². The van der Waals surface area contributed by atoms with Gasteiger partial charge in [0.2, 0.25) is 0 Å². The maximum absolute atomic E-state index is 12.3. The van der Waals surface area contributed by atoms with Gasteiger partial charge in [-0.3, -0.25) is 9.48 Å². The topological polar surface area (TPSA) is 46.9 Å². The van der Waals surface area contributed by atoms with Crippen molar-refractivity contribution in [2.75, 3.05) is 6.54 Å². The summed E-state index contributed by atoms with van der Waals surface area (Å²) in [5.74, 6) is 0.337. The second-order valence-electron chi connectivity index (χ2n) is 4.30. The monoisotopic (exact) mass is 207 g/mol. The van der Waals surface area contributed by atoms with E-state index in [2.05, 4.69) is 17.3 Å². The summed E-state index contributed by atoms with van der Waals surface area (Å²) in [6.45, 7) is 4.95. The highest BCUT2D eigenvalue weighted by Gasteiger charge is 2.32. The van der Waals surface area contributed by atoms with Gasteiger partial charge in [0.05, 0.1) is 6.20 Å². The standard InChI is InChI=1S/C11H17N3O/c1-7-6-13-14(3)10(7)11(15)9-4-5-12-8(9)2/h6,8-9,12H,4-5H2,1-3H3. The van der Waals surface area contributed by atoms with Gasteiger partial charge in [0.15, 0.2) is 5.78 Å². The number of rotatable bonds is 2. The molecule has 1 N–H and O–H groups in total. The molecule has 1 saturated heterocycles. The molecule has 0 aromatic carbocycles. The smallest absolute Gasteiger partial charge is 0.185 e. The molecule has 15 heavy (non-hydrogen) atoms. The molecule has 2 atom stereocenters. The van der Waals surface area contributed by atoms with Crippen LogP contribution in [-0.2, 0) is 7.05 Å². The molecule has 0 spiro atoms. The SMILES string of the molecule is Cc1cnn(C)c1C(=O)C1CCNC1C. The highest BCUT2D eigenvalue weighted by atomic mass is 16.1. The van der Waals surface area contributed by atoms with E-state index in [-0.39, 0.29) is 17.7 Å². The molecule has 1 aromatic heterocycles. The Labute approximate surface area is 89.7 Å². The van der Waals surface area contributed by atoms with E-state index < -0.39 is 0 Å². The lowest BCUT2D eigenvalue weighted by Gasteiger charge is -2.14. The van der Waals surface area contributed by atoms with Crippen LogP contribution in [0.3, 0.4) is 0 Å². The third kappa shape index (κ3) is 1.69. The Morgan fingerprint density at radius 3 is 2.87 bits per heavy atom. The maximum Gasteiger partial charge on any atom is 0.185 e. The molecule has 2 unspecified atom stereocenters. The van der Waals surface area contributed by atoms with Gasteiger partial charge in [-0.15, -0.1) is 0 Å². The lowest BCUT2D eigenvalue weighted by atomic mass is 9.93. The van der Waals surface area contributed by atoms with Crippen LogP contribution in [0.1, 0.15) is 29.4 Å². The summed E-state index contributed by atoms with van der Waals surface area (Å²) >= 11 is 0. The van der Waals surface area contributed by atoms with Crippen LogP contribution in [0.4, 0.5) is 0 Å². The van der Waals surface area contributed by atoms with Crippen LogP contribution in [0.2, 0.25) is 0 Å². The summed E-state index contributed by atoms with van der Waals surface area (Å²) in [5, 5.41) is 7.41. The fourth-order valence-electron chi connectivity index (χ4n) is 2.29. The van der Waals surface area contributed by atoms with Crippen molar-refractivity contribution in [1.82, 2.24) is 15.1 Å². The van der Waals surface area contributed by atoms with E-state index in [9.17, 15) is 4.79 Å². The summed E-state index contributed by atoms with van der Waals surface area (Å²) in [6, 6.07) is 0.284. The molecule has 0 amide bonds. The quantitative estimate of drug-likeness (QED) is 0.733. The average Bonchev–Trinajstić information content (AvgIpc) is 2.73. The predicted molar refractivity (Wildman–Crippen MR) is 57.8 cm³/mol. The first-order valence-electron chi connectivity index (χ1n) is 5.37. The molecular weight excluding hydrogens is 190 g/mol. The Morgan fingerprint density at radius 1 is 1.67 bits per heavy atom. The number of ketones is 1. The number of carbonyl (C=O) groups excluding carboxylic acids is 1. The fourth-order valence-corrected chi connectivity index (χ4v) is 2.29. The summed E-state index contributed by atoms with van der Waals surface area (Å²) in [6.07, 6.45) is 2.69.